The van der Waals surface area contributed by atoms with Gasteiger partial charge in [0.25, 0.3) is 5.91 Å². The molecule has 2 rings (SSSR count). The molecule has 0 radical (unpaired) electrons. The lowest BCUT2D eigenvalue weighted by molar-refractivity contribution is -0.121. The van der Waals surface area contributed by atoms with E-state index in [0.717, 1.165) is 12.1 Å². The molecule has 2 amide bonds. The SMILES string of the molecule is O=C1CCC(C(=O)Nc2ccc(F)c(C(=O)O)c2)=NN1. The van der Waals surface area contributed by atoms with E-state index in [0.29, 0.717) is 0 Å². The zero-order valence-corrected chi connectivity index (χ0v) is 10.1. The maximum Gasteiger partial charge on any atom is 0.338 e. The molecule has 0 aliphatic carbocycles. The van der Waals surface area contributed by atoms with Gasteiger partial charge in [-0.2, -0.15) is 5.10 Å². The third-order valence-corrected chi connectivity index (χ3v) is 2.62. The molecule has 1 aliphatic rings. The standard InChI is InChI=1S/C12H10FN3O4/c13-8-2-1-6(5-7(8)12(19)20)14-11(18)9-3-4-10(17)16-15-9/h1-2,5H,3-4H2,(H,14,18)(H,16,17)(H,19,20). The van der Waals surface area contributed by atoms with Crippen molar-refractivity contribution in [3.8, 4) is 0 Å². The first-order chi connectivity index (χ1) is 9.47. The van der Waals surface area contributed by atoms with Crippen molar-refractivity contribution in [3.63, 3.8) is 0 Å². The summed E-state index contributed by atoms with van der Waals surface area (Å²) in [5.41, 5.74) is 1.88. The predicted octanol–water partition coefficient (Wildman–Crippen LogP) is 0.728. The van der Waals surface area contributed by atoms with Crippen molar-refractivity contribution in [2.75, 3.05) is 5.32 Å². The third-order valence-electron chi connectivity index (χ3n) is 2.62. The lowest BCUT2D eigenvalue weighted by Crippen LogP contribution is -2.32. The van der Waals surface area contributed by atoms with Gasteiger partial charge in [0.2, 0.25) is 5.91 Å². The second kappa shape index (κ2) is 5.47. The molecule has 3 N–H and O–H groups in total. The third kappa shape index (κ3) is 2.97. The second-order valence-electron chi connectivity index (χ2n) is 4.05. The molecule has 0 atom stereocenters. The Balaban J connectivity index is 2.14. The van der Waals surface area contributed by atoms with Crippen molar-refractivity contribution < 1.29 is 23.9 Å². The zero-order valence-electron chi connectivity index (χ0n) is 10.1. The molecule has 1 aromatic carbocycles. The van der Waals surface area contributed by atoms with Crippen LogP contribution in [0.2, 0.25) is 0 Å². The number of aromatic carboxylic acids is 1. The Morgan fingerprint density at radius 3 is 2.70 bits per heavy atom. The van der Waals surface area contributed by atoms with Gasteiger partial charge in [0.05, 0.1) is 5.56 Å². The summed E-state index contributed by atoms with van der Waals surface area (Å²) in [4.78, 5) is 33.5. The predicted molar refractivity (Wildman–Crippen MR) is 66.8 cm³/mol. The Morgan fingerprint density at radius 2 is 2.10 bits per heavy atom. The molecule has 0 saturated heterocycles. The summed E-state index contributed by atoms with van der Waals surface area (Å²) in [6, 6.07) is 3.20. The molecule has 1 aliphatic heterocycles. The van der Waals surface area contributed by atoms with Crippen molar-refractivity contribution in [2.24, 2.45) is 5.10 Å². The Kier molecular flexibility index (Phi) is 3.74. The van der Waals surface area contributed by atoms with Crippen LogP contribution in [0.1, 0.15) is 23.2 Å². The largest absolute Gasteiger partial charge is 0.478 e. The average Bonchev–Trinajstić information content (AvgIpc) is 2.41. The van der Waals surface area contributed by atoms with E-state index in [1.54, 1.807) is 0 Å². The monoisotopic (exact) mass is 279 g/mol. The smallest absolute Gasteiger partial charge is 0.338 e. The number of benzene rings is 1. The molecule has 0 spiro atoms. The summed E-state index contributed by atoms with van der Waals surface area (Å²) in [6.45, 7) is 0. The minimum atomic E-state index is -1.43. The topological polar surface area (TPSA) is 108 Å². The number of carboxylic acid groups (broad SMARTS) is 1. The highest BCUT2D eigenvalue weighted by atomic mass is 19.1. The second-order valence-corrected chi connectivity index (χ2v) is 4.05. The fourth-order valence-corrected chi connectivity index (χ4v) is 1.61. The van der Waals surface area contributed by atoms with Crippen LogP contribution >= 0.6 is 0 Å². The van der Waals surface area contributed by atoms with Crippen molar-refractivity contribution in [2.45, 2.75) is 12.8 Å². The number of hydrogen-bond donors (Lipinski definition) is 3. The highest BCUT2D eigenvalue weighted by Gasteiger charge is 2.19. The highest BCUT2D eigenvalue weighted by molar-refractivity contribution is 6.43. The number of halogens is 1. The highest BCUT2D eigenvalue weighted by Crippen LogP contribution is 2.15. The number of rotatable bonds is 3. The molecule has 104 valence electrons. The lowest BCUT2D eigenvalue weighted by atomic mass is 10.1. The molecule has 8 heteroatoms. The van der Waals surface area contributed by atoms with Crippen LogP contribution in [-0.4, -0.2) is 28.6 Å². The molecule has 7 nitrogen and oxygen atoms in total. The van der Waals surface area contributed by atoms with Crippen LogP contribution in [0.4, 0.5) is 10.1 Å². The van der Waals surface area contributed by atoms with E-state index in [2.05, 4.69) is 15.8 Å². The average molecular weight is 279 g/mol. The van der Waals surface area contributed by atoms with Crippen LogP contribution in [-0.2, 0) is 9.59 Å². The molecule has 0 fully saturated rings. The number of anilines is 1. The molecule has 1 aromatic rings. The molecule has 20 heavy (non-hydrogen) atoms. The summed E-state index contributed by atoms with van der Waals surface area (Å²) >= 11 is 0. The number of carbonyl (C=O) groups is 3. The summed E-state index contributed by atoms with van der Waals surface area (Å²) in [5.74, 6) is -3.18. The van der Waals surface area contributed by atoms with Gasteiger partial charge in [-0.05, 0) is 18.2 Å². The van der Waals surface area contributed by atoms with Crippen LogP contribution in [0.25, 0.3) is 0 Å². The van der Waals surface area contributed by atoms with Crippen molar-refractivity contribution in [1.29, 1.82) is 0 Å². The molecule has 1 heterocycles. The van der Waals surface area contributed by atoms with Gasteiger partial charge in [-0.15, -0.1) is 0 Å². The number of hydrazone groups is 1. The van der Waals surface area contributed by atoms with Crippen LogP contribution in [0, 0.1) is 5.82 Å². The number of hydrogen-bond acceptors (Lipinski definition) is 4. The summed E-state index contributed by atoms with van der Waals surface area (Å²) in [6.07, 6.45) is 0.334. The number of nitrogens with zero attached hydrogens (tertiary/aromatic N) is 1. The van der Waals surface area contributed by atoms with Crippen LogP contribution in [0.5, 0.6) is 0 Å². The van der Waals surface area contributed by atoms with E-state index in [-0.39, 0.29) is 30.1 Å². The van der Waals surface area contributed by atoms with E-state index in [9.17, 15) is 18.8 Å². The quantitative estimate of drug-likeness (QED) is 0.757. The summed E-state index contributed by atoms with van der Waals surface area (Å²) < 4.78 is 13.2. The first-order valence-electron chi connectivity index (χ1n) is 5.67. The van der Waals surface area contributed by atoms with Gasteiger partial charge in [-0.25, -0.2) is 14.6 Å². The van der Waals surface area contributed by atoms with Crippen molar-refractivity contribution in [1.82, 2.24) is 5.43 Å². The van der Waals surface area contributed by atoms with Gasteiger partial charge in [0, 0.05) is 18.5 Å². The Morgan fingerprint density at radius 1 is 1.35 bits per heavy atom. The minimum Gasteiger partial charge on any atom is -0.478 e. The molecule has 0 aromatic heterocycles. The fourth-order valence-electron chi connectivity index (χ4n) is 1.61. The zero-order chi connectivity index (χ0) is 14.7. The van der Waals surface area contributed by atoms with Crippen molar-refractivity contribution in [3.05, 3.63) is 29.6 Å². The maximum absolute atomic E-state index is 13.2. The maximum atomic E-state index is 13.2. The van der Waals surface area contributed by atoms with E-state index in [1.807, 2.05) is 0 Å². The van der Waals surface area contributed by atoms with E-state index < -0.39 is 23.3 Å². The molecule has 0 unspecified atom stereocenters. The Labute approximate surface area is 112 Å². The molecule has 0 bridgehead atoms. The van der Waals surface area contributed by atoms with Gasteiger partial charge < -0.3 is 10.4 Å². The molecular weight excluding hydrogens is 269 g/mol. The van der Waals surface area contributed by atoms with Crippen LogP contribution in [0.3, 0.4) is 0 Å². The van der Waals surface area contributed by atoms with Gasteiger partial charge in [-0.1, -0.05) is 0 Å². The normalized spacial score (nSPS) is 14.2. The van der Waals surface area contributed by atoms with E-state index >= 15 is 0 Å². The van der Waals surface area contributed by atoms with Gasteiger partial charge >= 0.3 is 5.97 Å². The Bertz CT molecular complexity index is 627. The van der Waals surface area contributed by atoms with Crippen LogP contribution < -0.4 is 10.7 Å². The van der Waals surface area contributed by atoms with E-state index in [4.69, 9.17) is 5.11 Å². The fraction of sp³-hybridized carbons (Fsp3) is 0.167. The number of carbonyl (C=O) groups excluding carboxylic acids is 2. The summed E-state index contributed by atoms with van der Waals surface area (Å²) in [7, 11) is 0. The number of amides is 2. The van der Waals surface area contributed by atoms with Crippen molar-refractivity contribution >= 4 is 29.2 Å². The molecular formula is C12H10FN3O4. The van der Waals surface area contributed by atoms with Gasteiger partial charge in [0.1, 0.15) is 11.5 Å². The van der Waals surface area contributed by atoms with Crippen LogP contribution in [0.15, 0.2) is 23.3 Å². The summed E-state index contributed by atoms with van der Waals surface area (Å²) in [5, 5.41) is 14.8. The van der Waals surface area contributed by atoms with Gasteiger partial charge in [0.15, 0.2) is 0 Å². The first-order valence-corrected chi connectivity index (χ1v) is 5.67. The van der Waals surface area contributed by atoms with E-state index in [1.165, 1.54) is 6.07 Å². The number of nitrogens with one attached hydrogen (secondary N) is 2. The number of carboxylic acids is 1. The first kappa shape index (κ1) is 13.7. The minimum absolute atomic E-state index is 0.116. The lowest BCUT2D eigenvalue weighted by Gasteiger charge is -2.12. The van der Waals surface area contributed by atoms with Gasteiger partial charge in [-0.3, -0.25) is 9.59 Å². The Hall–Kier alpha value is -2.77. The molecule has 0 saturated carbocycles.